The fourth-order valence-corrected chi connectivity index (χ4v) is 1.24. The molecule has 0 bridgehead atoms. The van der Waals surface area contributed by atoms with E-state index in [4.69, 9.17) is 0 Å². The van der Waals surface area contributed by atoms with Crippen molar-refractivity contribution in [2.45, 2.75) is 39.7 Å². The zero-order valence-corrected chi connectivity index (χ0v) is 9.07. The molecule has 0 fully saturated rings. The maximum atomic E-state index is 9.81. The summed E-state index contributed by atoms with van der Waals surface area (Å²) >= 11 is 0. The second-order valence-electron chi connectivity index (χ2n) is 3.85. The number of hydrogen-bond donors (Lipinski definition) is 1. The van der Waals surface area contributed by atoms with Gasteiger partial charge >= 0.3 is 0 Å². The molecule has 2 atom stereocenters. The third kappa shape index (κ3) is 3.07. The van der Waals surface area contributed by atoms with Crippen molar-refractivity contribution >= 4 is 0 Å². The topological polar surface area (TPSA) is 46.0 Å². The Morgan fingerprint density at radius 2 is 2.07 bits per heavy atom. The molecule has 1 aromatic heterocycles. The van der Waals surface area contributed by atoms with Crippen molar-refractivity contribution in [2.75, 3.05) is 0 Å². The van der Waals surface area contributed by atoms with E-state index >= 15 is 0 Å². The summed E-state index contributed by atoms with van der Waals surface area (Å²) in [5.41, 5.74) is 1.56. The van der Waals surface area contributed by atoms with E-state index in [1.54, 1.807) is 12.4 Å². The van der Waals surface area contributed by atoms with E-state index in [2.05, 4.69) is 23.8 Å². The van der Waals surface area contributed by atoms with E-state index in [-0.39, 0.29) is 0 Å². The standard InChI is InChI=1S/C11H18N2O/c1-4-8(2)5-11(14)10-7-12-9(3)6-13-10/h6-8,11,14H,4-5H2,1-3H3. The fraction of sp³-hybridized carbons (Fsp3) is 0.636. The summed E-state index contributed by atoms with van der Waals surface area (Å²) in [6, 6.07) is 0. The van der Waals surface area contributed by atoms with E-state index in [1.807, 2.05) is 6.92 Å². The summed E-state index contributed by atoms with van der Waals surface area (Å²) in [6.07, 6.45) is 4.71. The molecule has 1 aromatic rings. The first kappa shape index (κ1) is 11.1. The van der Waals surface area contributed by atoms with E-state index < -0.39 is 6.10 Å². The molecular formula is C11H18N2O. The van der Waals surface area contributed by atoms with Gasteiger partial charge in [0.25, 0.3) is 0 Å². The van der Waals surface area contributed by atoms with Crippen molar-refractivity contribution in [2.24, 2.45) is 5.92 Å². The molecule has 2 unspecified atom stereocenters. The minimum atomic E-state index is -0.474. The lowest BCUT2D eigenvalue weighted by Gasteiger charge is -2.13. The van der Waals surface area contributed by atoms with E-state index in [1.165, 1.54) is 0 Å². The van der Waals surface area contributed by atoms with Gasteiger partial charge in [-0.3, -0.25) is 9.97 Å². The highest BCUT2D eigenvalue weighted by Gasteiger charge is 2.12. The highest BCUT2D eigenvalue weighted by atomic mass is 16.3. The number of aliphatic hydroxyl groups is 1. The van der Waals surface area contributed by atoms with E-state index in [0.717, 1.165) is 18.5 Å². The molecule has 3 nitrogen and oxygen atoms in total. The molecule has 0 aromatic carbocycles. The first-order chi connectivity index (χ1) is 6.63. The molecule has 3 heteroatoms. The molecule has 0 aliphatic carbocycles. The summed E-state index contributed by atoms with van der Waals surface area (Å²) in [5.74, 6) is 0.521. The van der Waals surface area contributed by atoms with Gasteiger partial charge in [0.2, 0.25) is 0 Å². The highest BCUT2D eigenvalue weighted by molar-refractivity contribution is 5.03. The van der Waals surface area contributed by atoms with Crippen LogP contribution in [-0.4, -0.2) is 15.1 Å². The van der Waals surface area contributed by atoms with Crippen LogP contribution in [0.3, 0.4) is 0 Å². The van der Waals surface area contributed by atoms with Crippen molar-refractivity contribution < 1.29 is 5.11 Å². The monoisotopic (exact) mass is 194 g/mol. The Morgan fingerprint density at radius 1 is 1.36 bits per heavy atom. The second kappa shape index (κ2) is 5.05. The van der Waals surface area contributed by atoms with Crippen LogP contribution in [0.15, 0.2) is 12.4 Å². The molecule has 1 rings (SSSR count). The lowest BCUT2D eigenvalue weighted by atomic mass is 9.99. The van der Waals surface area contributed by atoms with Crippen LogP contribution in [0, 0.1) is 12.8 Å². The lowest BCUT2D eigenvalue weighted by molar-refractivity contribution is 0.141. The number of hydrogen-bond acceptors (Lipinski definition) is 3. The van der Waals surface area contributed by atoms with Gasteiger partial charge in [-0.25, -0.2) is 0 Å². The predicted molar refractivity (Wildman–Crippen MR) is 55.8 cm³/mol. The van der Waals surface area contributed by atoms with Crippen LogP contribution in [0.2, 0.25) is 0 Å². The molecule has 0 saturated heterocycles. The molecule has 0 saturated carbocycles. The maximum absolute atomic E-state index is 9.81. The molecule has 0 amide bonds. The smallest absolute Gasteiger partial charge is 0.0977 e. The molecule has 1 heterocycles. The number of aliphatic hydroxyl groups excluding tert-OH is 1. The van der Waals surface area contributed by atoms with Crippen LogP contribution < -0.4 is 0 Å². The minimum Gasteiger partial charge on any atom is -0.387 e. The molecule has 78 valence electrons. The minimum absolute atomic E-state index is 0.474. The Labute approximate surface area is 85.2 Å². The van der Waals surface area contributed by atoms with Gasteiger partial charge in [0.05, 0.1) is 23.7 Å². The maximum Gasteiger partial charge on any atom is 0.0977 e. The quantitative estimate of drug-likeness (QED) is 0.799. The molecular weight excluding hydrogens is 176 g/mol. The number of nitrogens with zero attached hydrogens (tertiary/aromatic N) is 2. The van der Waals surface area contributed by atoms with Crippen molar-refractivity contribution in [3.05, 3.63) is 23.8 Å². The first-order valence-electron chi connectivity index (χ1n) is 5.10. The molecule has 0 aliphatic heterocycles. The molecule has 0 aliphatic rings. The zero-order chi connectivity index (χ0) is 10.6. The summed E-state index contributed by atoms with van der Waals surface area (Å²) in [5, 5.41) is 9.81. The molecule has 0 radical (unpaired) electrons. The average molecular weight is 194 g/mol. The summed E-state index contributed by atoms with van der Waals surface area (Å²) in [4.78, 5) is 8.26. The van der Waals surface area contributed by atoms with Crippen molar-refractivity contribution in [1.29, 1.82) is 0 Å². The number of aryl methyl sites for hydroxylation is 1. The second-order valence-corrected chi connectivity index (χ2v) is 3.85. The van der Waals surface area contributed by atoms with Gasteiger partial charge in [-0.15, -0.1) is 0 Å². The van der Waals surface area contributed by atoms with Crippen LogP contribution in [-0.2, 0) is 0 Å². The third-order valence-electron chi connectivity index (χ3n) is 2.46. The van der Waals surface area contributed by atoms with Crippen LogP contribution in [0.25, 0.3) is 0 Å². The SMILES string of the molecule is CCC(C)CC(O)c1cnc(C)cn1. The molecule has 1 N–H and O–H groups in total. The van der Waals surface area contributed by atoms with Crippen LogP contribution in [0.5, 0.6) is 0 Å². The first-order valence-corrected chi connectivity index (χ1v) is 5.10. The summed E-state index contributed by atoms with van der Waals surface area (Å²) in [6.45, 7) is 6.14. The van der Waals surface area contributed by atoms with Gasteiger partial charge in [0, 0.05) is 6.20 Å². The molecule has 0 spiro atoms. The Hall–Kier alpha value is -0.960. The highest BCUT2D eigenvalue weighted by Crippen LogP contribution is 2.20. The van der Waals surface area contributed by atoms with E-state index in [9.17, 15) is 5.11 Å². The van der Waals surface area contributed by atoms with Gasteiger partial charge in [-0.2, -0.15) is 0 Å². The Morgan fingerprint density at radius 3 is 2.57 bits per heavy atom. The van der Waals surface area contributed by atoms with Gasteiger partial charge in [0.15, 0.2) is 0 Å². The largest absolute Gasteiger partial charge is 0.387 e. The number of rotatable bonds is 4. The normalized spacial score (nSPS) is 15.1. The Balaban J connectivity index is 2.60. The predicted octanol–water partition coefficient (Wildman–Crippen LogP) is 2.25. The molecule has 14 heavy (non-hydrogen) atoms. The lowest BCUT2D eigenvalue weighted by Crippen LogP contribution is -2.06. The van der Waals surface area contributed by atoms with Crippen LogP contribution in [0.4, 0.5) is 0 Å². The van der Waals surface area contributed by atoms with Gasteiger partial charge < -0.3 is 5.11 Å². The van der Waals surface area contributed by atoms with E-state index in [0.29, 0.717) is 11.6 Å². The van der Waals surface area contributed by atoms with Crippen LogP contribution >= 0.6 is 0 Å². The average Bonchev–Trinajstić information content (AvgIpc) is 2.18. The zero-order valence-electron chi connectivity index (χ0n) is 9.07. The third-order valence-corrected chi connectivity index (χ3v) is 2.46. The Kier molecular flexibility index (Phi) is 4.01. The summed E-state index contributed by atoms with van der Waals surface area (Å²) in [7, 11) is 0. The van der Waals surface area contributed by atoms with Gasteiger partial charge in [0.1, 0.15) is 0 Å². The Bertz CT molecular complexity index is 271. The van der Waals surface area contributed by atoms with Crippen molar-refractivity contribution in [1.82, 2.24) is 9.97 Å². The van der Waals surface area contributed by atoms with Crippen molar-refractivity contribution in [3.8, 4) is 0 Å². The van der Waals surface area contributed by atoms with Crippen molar-refractivity contribution in [3.63, 3.8) is 0 Å². The van der Waals surface area contributed by atoms with Crippen LogP contribution in [0.1, 0.15) is 44.2 Å². The van der Waals surface area contributed by atoms with Gasteiger partial charge in [-0.1, -0.05) is 20.3 Å². The fourth-order valence-electron chi connectivity index (χ4n) is 1.24. The summed E-state index contributed by atoms with van der Waals surface area (Å²) < 4.78 is 0. The van der Waals surface area contributed by atoms with Gasteiger partial charge in [-0.05, 0) is 19.3 Å². The number of aromatic nitrogens is 2.